The van der Waals surface area contributed by atoms with E-state index in [9.17, 15) is 0 Å². The van der Waals surface area contributed by atoms with Crippen LogP contribution in [0.4, 0.5) is 34.1 Å². The summed E-state index contributed by atoms with van der Waals surface area (Å²) >= 11 is 0. The quantitative estimate of drug-likeness (QED) is 0.127. The van der Waals surface area contributed by atoms with E-state index < -0.39 is 0 Å². The van der Waals surface area contributed by atoms with Gasteiger partial charge in [-0.2, -0.15) is 0 Å². The van der Waals surface area contributed by atoms with E-state index in [1.165, 1.54) is 155 Å². The summed E-state index contributed by atoms with van der Waals surface area (Å²) in [6.07, 6.45) is 1.77. The normalized spacial score (nSPS) is 13.5. The molecular weight excluding hydrogens is 1360 g/mol. The van der Waals surface area contributed by atoms with E-state index >= 15 is 0 Å². The van der Waals surface area contributed by atoms with E-state index in [1.54, 1.807) is 0 Å². The van der Waals surface area contributed by atoms with Crippen LogP contribution in [0.5, 0.6) is 0 Å². The third-order valence-corrected chi connectivity index (χ3v) is 24.0. The summed E-state index contributed by atoms with van der Waals surface area (Å²) in [5.74, 6) is 0. The average Bonchev–Trinajstić information content (AvgIpc) is 1.65. The van der Waals surface area contributed by atoms with Gasteiger partial charge in [-0.1, -0.05) is 327 Å². The van der Waals surface area contributed by atoms with Crippen LogP contribution in [0.25, 0.3) is 99.5 Å². The number of para-hydroxylation sites is 4. The average molecular weight is 1480 g/mol. The molecule has 0 radical (unpaired) electrons. The van der Waals surface area contributed by atoms with Crippen molar-refractivity contribution >= 4 is 101 Å². The molecule has 0 fully saturated rings. The summed E-state index contributed by atoms with van der Waals surface area (Å²) < 4.78 is 5.07. The first-order chi connectivity index (χ1) is 53.4. The van der Waals surface area contributed by atoms with Crippen molar-refractivity contribution in [1.29, 1.82) is 0 Å². The molecule has 4 heterocycles. The van der Waals surface area contributed by atoms with E-state index in [0.717, 1.165) is 47.0 Å². The topological polar surface area (TPSA) is 16.3 Å². The Labute approximate surface area is 673 Å². The van der Waals surface area contributed by atoms with Gasteiger partial charge >= 0.3 is 0 Å². The number of rotatable bonds is 10. The van der Waals surface area contributed by atoms with Crippen LogP contribution in [-0.2, 0) is 39.9 Å². The molecule has 0 bridgehead atoms. The van der Waals surface area contributed by atoms with Crippen LogP contribution >= 0.6 is 0 Å². The summed E-state index contributed by atoms with van der Waals surface area (Å²) in [6.45, 7) is 49.8. The minimum atomic E-state index is -0.358. The molecule has 4 nitrogen and oxygen atoms in total. The Kier molecular flexibility index (Phi) is 17.8. The maximum Gasteiger partial charge on any atom is 0.252 e. The smallest absolute Gasteiger partial charge is 0.252 e. The Hall–Kier alpha value is -10.9. The largest absolute Gasteiger partial charge is 0.310 e. The molecule has 15 aromatic rings. The molecule has 0 aliphatic carbocycles. The van der Waals surface area contributed by atoms with Crippen LogP contribution in [0.3, 0.4) is 0 Å². The molecule has 566 valence electrons. The lowest BCUT2D eigenvalue weighted by Gasteiger charge is -2.46. The Morgan fingerprint density at radius 1 is 0.248 bits per heavy atom. The second-order valence-electron chi connectivity index (χ2n) is 40.4. The Bertz CT molecular complexity index is 5680. The number of nitrogens with zero attached hydrogens (tertiary/aromatic N) is 4. The van der Waals surface area contributed by atoms with Gasteiger partial charge in [0.05, 0.1) is 33.4 Å². The molecule has 0 N–H and O–H groups in total. The molecule has 17 rings (SSSR count). The summed E-state index contributed by atoms with van der Waals surface area (Å²) in [6, 6.07) is 105. The van der Waals surface area contributed by atoms with Gasteiger partial charge in [-0.3, -0.25) is 0 Å². The number of benzene rings is 13. The van der Waals surface area contributed by atoms with Crippen molar-refractivity contribution in [3.8, 4) is 55.9 Å². The number of fused-ring (bicyclic) bond motifs is 10. The van der Waals surface area contributed by atoms with Gasteiger partial charge in [0.15, 0.2) is 0 Å². The molecular formula is C108H111BN4. The maximum atomic E-state index is 2.81. The Morgan fingerprint density at radius 3 is 0.788 bits per heavy atom. The van der Waals surface area contributed by atoms with Gasteiger partial charge in [-0.25, -0.2) is 0 Å². The highest BCUT2D eigenvalue weighted by Gasteiger charge is 2.47. The highest BCUT2D eigenvalue weighted by atomic mass is 15.2. The van der Waals surface area contributed by atoms with Crippen LogP contribution in [0.2, 0.25) is 0 Å². The first-order valence-electron chi connectivity index (χ1n) is 41.2. The van der Waals surface area contributed by atoms with Crippen LogP contribution in [0.1, 0.15) is 184 Å². The highest BCUT2D eigenvalue weighted by molar-refractivity contribution is 7.00. The summed E-state index contributed by atoms with van der Waals surface area (Å²) in [7, 11) is 0. The molecule has 2 aliphatic rings. The minimum Gasteiger partial charge on any atom is -0.310 e. The molecule has 0 saturated heterocycles. The lowest BCUT2D eigenvalue weighted by molar-refractivity contribution is 0.411. The SMILES string of the molecule is CC(C)(C)Cc1cc(-c2cccc(C(C)(C)C)c2)c(N2c3cc(-n4c5ccccc5c5ccccc54)ccc3B3c4ccc(-n5c6ccccc6c6ccccc65)cc4N(c4c(-c5cccc(C(C)(C)C)c5)cc(CC(C)(C)C)cc4-c4cccc(C(C)(C)C)c4)c4cc(C(C)(C)C)cc2c43)c(-c2cccc(C(C)(C)C)c2)c1. The number of hydrogen-bond donors (Lipinski definition) is 0. The fourth-order valence-electron chi connectivity index (χ4n) is 18.4. The van der Waals surface area contributed by atoms with Crippen LogP contribution in [0, 0.1) is 10.8 Å². The molecule has 2 aliphatic heterocycles. The Morgan fingerprint density at radius 2 is 0.522 bits per heavy atom. The number of aromatic nitrogens is 2. The van der Waals surface area contributed by atoms with Crippen molar-refractivity contribution in [2.75, 3.05) is 9.80 Å². The third kappa shape index (κ3) is 13.5. The molecule has 0 amide bonds. The maximum absolute atomic E-state index is 2.81. The number of anilines is 6. The van der Waals surface area contributed by atoms with E-state index in [1.807, 2.05) is 0 Å². The van der Waals surface area contributed by atoms with E-state index in [2.05, 4.69) is 431 Å². The van der Waals surface area contributed by atoms with Gasteiger partial charge in [0.25, 0.3) is 6.71 Å². The number of hydrogen-bond acceptors (Lipinski definition) is 2. The molecule has 0 unspecified atom stereocenters. The lowest BCUT2D eigenvalue weighted by atomic mass is 9.33. The standard InChI is InChI=1S/C108H111BN4/c1-102(2,3)66-68-54-85(70-34-30-38-74(58-70)104(7,8)9)100(86(55-68)71-35-31-39-75(59-71)105(10,11)12)112-95-64-79(110-91-46-26-22-42-81(91)82-43-23-27-47-92(82)110)50-52-89(95)109-90-53-51-80(111-93-48-28-24-44-83(93)84-45-25-29-49-94(84)111)65-96(90)113(98-63-78(108(19,20)21)62-97(112)99(98)109)101-87(72-36-32-40-76(60-72)106(13,14)15)56-69(67-103(4,5)6)57-88(101)73-37-33-41-77(61-73)107(16,17)18/h22-65H,66-67H2,1-21H3. The third-order valence-electron chi connectivity index (χ3n) is 24.0. The van der Waals surface area contributed by atoms with Crippen LogP contribution in [-0.4, -0.2) is 15.8 Å². The predicted molar refractivity (Wildman–Crippen MR) is 491 cm³/mol. The molecule has 0 atom stereocenters. The predicted octanol–water partition coefficient (Wildman–Crippen LogP) is 28.3. The van der Waals surface area contributed by atoms with E-state index in [4.69, 9.17) is 0 Å². The first kappa shape index (κ1) is 74.8. The second-order valence-corrected chi connectivity index (χ2v) is 40.4. The van der Waals surface area contributed by atoms with Gasteiger partial charge in [0.1, 0.15) is 0 Å². The van der Waals surface area contributed by atoms with Crippen LogP contribution in [0.15, 0.2) is 267 Å². The van der Waals surface area contributed by atoms with Gasteiger partial charge in [0.2, 0.25) is 0 Å². The van der Waals surface area contributed by atoms with Crippen molar-refractivity contribution < 1.29 is 0 Å². The van der Waals surface area contributed by atoms with Crippen molar-refractivity contribution in [1.82, 2.24) is 9.13 Å². The zero-order chi connectivity index (χ0) is 79.5. The van der Waals surface area contributed by atoms with Crippen molar-refractivity contribution in [2.45, 2.75) is 185 Å². The van der Waals surface area contributed by atoms with E-state index in [0.29, 0.717) is 0 Å². The molecule has 13 aromatic carbocycles. The lowest BCUT2D eigenvalue weighted by Crippen LogP contribution is -2.61. The van der Waals surface area contributed by atoms with Crippen molar-refractivity contribution in [2.24, 2.45) is 10.8 Å². The zero-order valence-corrected chi connectivity index (χ0v) is 70.7. The fourth-order valence-corrected chi connectivity index (χ4v) is 18.4. The molecule has 5 heteroatoms. The van der Waals surface area contributed by atoms with Gasteiger partial charge in [0, 0.05) is 77.9 Å². The van der Waals surface area contributed by atoms with Crippen LogP contribution < -0.4 is 26.2 Å². The summed E-state index contributed by atoms with van der Waals surface area (Å²) in [5, 5.41) is 4.94. The van der Waals surface area contributed by atoms with Gasteiger partial charge < -0.3 is 18.9 Å². The van der Waals surface area contributed by atoms with Gasteiger partial charge in [-0.05, 0) is 213 Å². The molecule has 0 spiro atoms. The van der Waals surface area contributed by atoms with Crippen molar-refractivity contribution in [3.05, 3.63) is 306 Å². The fraction of sp³-hybridized carbons (Fsp3) is 0.278. The highest BCUT2D eigenvalue weighted by Crippen LogP contribution is 2.56. The van der Waals surface area contributed by atoms with E-state index in [-0.39, 0.29) is 44.6 Å². The Balaban J connectivity index is 1.10. The molecule has 113 heavy (non-hydrogen) atoms. The monoisotopic (exact) mass is 1470 g/mol. The second kappa shape index (κ2) is 26.9. The minimum absolute atomic E-state index is 0.0259. The molecule has 2 aromatic heterocycles. The molecule has 0 saturated carbocycles. The summed E-state index contributed by atoms with van der Waals surface area (Å²) in [5.41, 5.74) is 35.4. The first-order valence-corrected chi connectivity index (χ1v) is 41.2. The van der Waals surface area contributed by atoms with Crippen molar-refractivity contribution in [3.63, 3.8) is 0 Å². The zero-order valence-electron chi connectivity index (χ0n) is 70.7. The van der Waals surface area contributed by atoms with Gasteiger partial charge in [-0.15, -0.1) is 0 Å². The summed E-state index contributed by atoms with van der Waals surface area (Å²) in [4.78, 5) is 5.61.